The van der Waals surface area contributed by atoms with E-state index in [9.17, 15) is 8.78 Å². The van der Waals surface area contributed by atoms with Crippen molar-refractivity contribution in [2.45, 2.75) is 26.0 Å². The van der Waals surface area contributed by atoms with Crippen LogP contribution < -0.4 is 9.47 Å². The maximum absolute atomic E-state index is 12.5. The summed E-state index contributed by atoms with van der Waals surface area (Å²) in [6.45, 7) is -0.368. The summed E-state index contributed by atoms with van der Waals surface area (Å²) in [5, 5.41) is 9.13. The summed E-state index contributed by atoms with van der Waals surface area (Å²) in [6, 6.07) is 4.99. The number of methoxy groups -OCH3 is 1. The lowest BCUT2D eigenvalue weighted by Gasteiger charge is -2.31. The van der Waals surface area contributed by atoms with Crippen LogP contribution in [0.1, 0.15) is 18.4 Å². The lowest BCUT2D eigenvalue weighted by Crippen LogP contribution is -2.34. The van der Waals surface area contributed by atoms with Gasteiger partial charge in [-0.2, -0.15) is 8.78 Å². The quantitative estimate of drug-likeness (QED) is 0.876. The number of aliphatic hydroxyl groups is 1. The van der Waals surface area contributed by atoms with Crippen LogP contribution in [0.4, 0.5) is 8.78 Å². The molecule has 6 heteroatoms. The SMILES string of the molecule is COc1ccc(CN2CCC(CO)CC2)c(OC(F)F)c1. The number of hydrogen-bond donors (Lipinski definition) is 1. The predicted octanol–water partition coefficient (Wildman–Crippen LogP) is 2.50. The van der Waals surface area contributed by atoms with E-state index in [1.165, 1.54) is 13.2 Å². The molecule has 0 saturated carbocycles. The molecule has 1 saturated heterocycles. The number of ether oxygens (including phenoxy) is 2. The van der Waals surface area contributed by atoms with E-state index in [1.54, 1.807) is 12.1 Å². The van der Waals surface area contributed by atoms with Gasteiger partial charge in [-0.05, 0) is 37.9 Å². The van der Waals surface area contributed by atoms with Gasteiger partial charge in [0.2, 0.25) is 0 Å². The molecule has 118 valence electrons. The Morgan fingerprint density at radius 2 is 2.05 bits per heavy atom. The molecule has 0 atom stereocenters. The summed E-state index contributed by atoms with van der Waals surface area (Å²) >= 11 is 0. The molecular weight excluding hydrogens is 280 g/mol. The predicted molar refractivity (Wildman–Crippen MR) is 74.7 cm³/mol. The number of benzene rings is 1. The van der Waals surface area contributed by atoms with Gasteiger partial charge in [0, 0.05) is 24.8 Å². The molecule has 0 unspecified atom stereocenters. The van der Waals surface area contributed by atoms with Crippen molar-refractivity contribution in [2.75, 3.05) is 26.8 Å². The number of rotatable bonds is 6. The van der Waals surface area contributed by atoms with Crippen LogP contribution in [0.15, 0.2) is 18.2 Å². The molecule has 1 aromatic rings. The number of hydrogen-bond acceptors (Lipinski definition) is 4. The normalized spacial score (nSPS) is 17.2. The van der Waals surface area contributed by atoms with Gasteiger partial charge in [0.1, 0.15) is 11.5 Å². The van der Waals surface area contributed by atoms with Gasteiger partial charge in [0.15, 0.2) is 0 Å². The van der Waals surface area contributed by atoms with Gasteiger partial charge in [0.05, 0.1) is 7.11 Å². The van der Waals surface area contributed by atoms with Crippen LogP contribution in [0.25, 0.3) is 0 Å². The summed E-state index contributed by atoms with van der Waals surface area (Å²) in [5.74, 6) is 1.01. The molecule has 0 spiro atoms. The van der Waals surface area contributed by atoms with E-state index in [2.05, 4.69) is 9.64 Å². The van der Waals surface area contributed by atoms with E-state index < -0.39 is 6.61 Å². The highest BCUT2D eigenvalue weighted by Gasteiger charge is 2.20. The van der Waals surface area contributed by atoms with Gasteiger partial charge >= 0.3 is 6.61 Å². The van der Waals surface area contributed by atoms with E-state index in [1.807, 2.05) is 0 Å². The third-order valence-corrected chi connectivity index (χ3v) is 3.85. The molecule has 1 heterocycles. The number of alkyl halides is 2. The van der Waals surface area contributed by atoms with Gasteiger partial charge in [0.25, 0.3) is 0 Å². The minimum atomic E-state index is -2.85. The van der Waals surface area contributed by atoms with Gasteiger partial charge in [-0.1, -0.05) is 6.07 Å². The first kappa shape index (κ1) is 16.0. The Morgan fingerprint density at radius 3 is 2.62 bits per heavy atom. The van der Waals surface area contributed by atoms with Gasteiger partial charge < -0.3 is 14.6 Å². The Labute approximate surface area is 123 Å². The molecule has 1 fully saturated rings. The largest absolute Gasteiger partial charge is 0.497 e. The minimum Gasteiger partial charge on any atom is -0.497 e. The summed E-state index contributed by atoms with van der Waals surface area (Å²) in [4.78, 5) is 2.19. The highest BCUT2D eigenvalue weighted by Crippen LogP contribution is 2.28. The topological polar surface area (TPSA) is 41.9 Å². The Balaban J connectivity index is 2.04. The van der Waals surface area contributed by atoms with Crippen LogP contribution in [-0.2, 0) is 6.54 Å². The second-order valence-electron chi connectivity index (χ2n) is 5.25. The minimum absolute atomic E-state index is 0.161. The van der Waals surface area contributed by atoms with Crippen LogP contribution in [0.5, 0.6) is 11.5 Å². The van der Waals surface area contributed by atoms with Crippen molar-refractivity contribution < 1.29 is 23.4 Å². The Bertz CT molecular complexity index is 449. The van der Waals surface area contributed by atoms with Crippen LogP contribution in [0.2, 0.25) is 0 Å². The summed E-state index contributed by atoms with van der Waals surface area (Å²) in [5.41, 5.74) is 0.721. The Hall–Kier alpha value is -1.40. The number of nitrogens with zero attached hydrogens (tertiary/aromatic N) is 1. The standard InChI is InChI=1S/C15H21F2NO3/c1-20-13-3-2-12(14(8-13)21-15(16)17)9-18-6-4-11(10-19)5-7-18/h2-3,8,11,15,19H,4-7,9-10H2,1H3. The van der Waals surface area contributed by atoms with Crippen molar-refractivity contribution in [1.82, 2.24) is 4.90 Å². The van der Waals surface area contributed by atoms with Crippen molar-refractivity contribution in [3.8, 4) is 11.5 Å². The average molecular weight is 301 g/mol. The molecule has 1 aliphatic rings. The fourth-order valence-electron chi connectivity index (χ4n) is 2.57. The number of aliphatic hydroxyl groups excluding tert-OH is 1. The van der Waals surface area contributed by atoms with Crippen molar-refractivity contribution in [1.29, 1.82) is 0 Å². The monoisotopic (exact) mass is 301 g/mol. The molecule has 1 aromatic carbocycles. The number of piperidine rings is 1. The first-order chi connectivity index (χ1) is 10.1. The molecule has 1 N–H and O–H groups in total. The molecule has 1 aliphatic heterocycles. The van der Waals surface area contributed by atoms with Crippen LogP contribution in [0, 0.1) is 5.92 Å². The van der Waals surface area contributed by atoms with Crippen molar-refractivity contribution in [3.05, 3.63) is 23.8 Å². The van der Waals surface area contributed by atoms with Gasteiger partial charge in [-0.25, -0.2) is 0 Å². The smallest absolute Gasteiger partial charge is 0.387 e. The number of likely N-dealkylation sites (tertiary alicyclic amines) is 1. The maximum Gasteiger partial charge on any atom is 0.387 e. The molecule has 0 radical (unpaired) electrons. The van der Waals surface area contributed by atoms with E-state index in [-0.39, 0.29) is 12.4 Å². The molecule has 21 heavy (non-hydrogen) atoms. The lowest BCUT2D eigenvalue weighted by molar-refractivity contribution is -0.0509. The van der Waals surface area contributed by atoms with Crippen molar-refractivity contribution in [2.24, 2.45) is 5.92 Å². The van der Waals surface area contributed by atoms with E-state index >= 15 is 0 Å². The molecule has 0 amide bonds. The van der Waals surface area contributed by atoms with E-state index in [0.717, 1.165) is 31.5 Å². The first-order valence-electron chi connectivity index (χ1n) is 7.07. The zero-order chi connectivity index (χ0) is 15.2. The van der Waals surface area contributed by atoms with Crippen molar-refractivity contribution in [3.63, 3.8) is 0 Å². The summed E-state index contributed by atoms with van der Waals surface area (Å²) in [6.07, 6.45) is 1.86. The second kappa shape index (κ2) is 7.56. The van der Waals surface area contributed by atoms with Crippen LogP contribution in [0.3, 0.4) is 0 Å². The molecular formula is C15H21F2NO3. The Morgan fingerprint density at radius 1 is 1.33 bits per heavy atom. The van der Waals surface area contributed by atoms with E-state index in [0.29, 0.717) is 18.2 Å². The zero-order valence-electron chi connectivity index (χ0n) is 12.1. The number of halogens is 2. The molecule has 2 rings (SSSR count). The van der Waals surface area contributed by atoms with Crippen molar-refractivity contribution >= 4 is 0 Å². The van der Waals surface area contributed by atoms with Gasteiger partial charge in [-0.15, -0.1) is 0 Å². The Kier molecular flexibility index (Phi) is 5.76. The third-order valence-electron chi connectivity index (χ3n) is 3.85. The second-order valence-corrected chi connectivity index (χ2v) is 5.25. The van der Waals surface area contributed by atoms with Gasteiger partial charge in [-0.3, -0.25) is 4.90 Å². The highest BCUT2D eigenvalue weighted by atomic mass is 19.3. The lowest BCUT2D eigenvalue weighted by atomic mass is 9.97. The fraction of sp³-hybridized carbons (Fsp3) is 0.600. The summed E-state index contributed by atoms with van der Waals surface area (Å²) < 4.78 is 34.7. The third kappa shape index (κ3) is 4.54. The molecule has 0 aromatic heterocycles. The molecule has 0 aliphatic carbocycles. The first-order valence-corrected chi connectivity index (χ1v) is 7.07. The molecule has 4 nitrogen and oxygen atoms in total. The van der Waals surface area contributed by atoms with E-state index in [4.69, 9.17) is 9.84 Å². The zero-order valence-corrected chi connectivity index (χ0v) is 12.1. The molecule has 0 bridgehead atoms. The average Bonchev–Trinajstić information content (AvgIpc) is 2.49. The van der Waals surface area contributed by atoms with Crippen LogP contribution >= 0.6 is 0 Å². The van der Waals surface area contributed by atoms with Crippen LogP contribution in [-0.4, -0.2) is 43.4 Å². The fourth-order valence-corrected chi connectivity index (χ4v) is 2.57. The maximum atomic E-state index is 12.5. The highest BCUT2D eigenvalue weighted by molar-refractivity contribution is 5.40. The summed E-state index contributed by atoms with van der Waals surface area (Å²) in [7, 11) is 1.49.